The Kier molecular flexibility index (Phi) is 5.77. The fourth-order valence-corrected chi connectivity index (χ4v) is 3.36. The lowest BCUT2D eigenvalue weighted by Crippen LogP contribution is -2.11. The second-order valence-electron chi connectivity index (χ2n) is 3.96. The highest BCUT2D eigenvalue weighted by atomic mass is 79.9. The number of rotatable bonds is 6. The number of thiophene rings is 1. The van der Waals surface area contributed by atoms with Gasteiger partial charge in [-0.05, 0) is 39.7 Å². The molecule has 2 nitrogen and oxygen atoms in total. The Bertz CT molecular complexity index is 542. The molecule has 0 aliphatic rings. The second-order valence-corrected chi connectivity index (χ2v) is 6.55. The largest absolute Gasteiger partial charge is 0.435 e. The second kappa shape index (κ2) is 7.36. The third-order valence-electron chi connectivity index (χ3n) is 2.47. The Balaban J connectivity index is 1.82. The molecule has 0 spiro atoms. The molecule has 108 valence electrons. The van der Waals surface area contributed by atoms with Crippen molar-refractivity contribution in [2.75, 3.05) is 0 Å². The number of halogens is 4. The van der Waals surface area contributed by atoms with Crippen LogP contribution >= 0.6 is 38.9 Å². The first-order valence-corrected chi connectivity index (χ1v) is 7.71. The van der Waals surface area contributed by atoms with Crippen LogP contribution < -0.4 is 10.1 Å². The Morgan fingerprint density at radius 2 is 1.95 bits per heavy atom. The minimum atomic E-state index is -2.79. The SMILES string of the molecule is FC(F)Oc1ccc(CNCc2cc(Br)c(Cl)s2)cc1. The maximum absolute atomic E-state index is 12.0. The van der Waals surface area contributed by atoms with Gasteiger partial charge < -0.3 is 10.1 Å². The minimum absolute atomic E-state index is 0.165. The summed E-state index contributed by atoms with van der Waals surface area (Å²) in [5, 5.41) is 3.26. The van der Waals surface area contributed by atoms with E-state index in [9.17, 15) is 8.78 Å². The van der Waals surface area contributed by atoms with Gasteiger partial charge in [0.1, 0.15) is 10.1 Å². The molecule has 2 aromatic rings. The summed E-state index contributed by atoms with van der Waals surface area (Å²) in [5.41, 5.74) is 0.994. The average Bonchev–Trinajstić information content (AvgIpc) is 2.70. The predicted octanol–water partition coefficient (Wildman–Crippen LogP) is 5.06. The Morgan fingerprint density at radius 3 is 2.50 bits per heavy atom. The van der Waals surface area contributed by atoms with E-state index in [-0.39, 0.29) is 5.75 Å². The Morgan fingerprint density at radius 1 is 1.25 bits per heavy atom. The lowest BCUT2D eigenvalue weighted by molar-refractivity contribution is -0.0498. The van der Waals surface area contributed by atoms with Crippen molar-refractivity contribution >= 4 is 38.9 Å². The summed E-state index contributed by atoms with van der Waals surface area (Å²) >= 11 is 10.8. The van der Waals surface area contributed by atoms with Crippen LogP contribution in [0.25, 0.3) is 0 Å². The van der Waals surface area contributed by atoms with E-state index in [0.717, 1.165) is 19.2 Å². The molecule has 2 rings (SSSR count). The molecule has 1 aromatic carbocycles. The molecule has 0 aliphatic carbocycles. The van der Waals surface area contributed by atoms with Crippen LogP contribution in [0.3, 0.4) is 0 Å². The molecule has 0 saturated heterocycles. The van der Waals surface area contributed by atoms with E-state index < -0.39 is 6.61 Å². The van der Waals surface area contributed by atoms with Crippen LogP contribution in [0.4, 0.5) is 8.78 Å². The van der Waals surface area contributed by atoms with Crippen molar-refractivity contribution in [1.29, 1.82) is 0 Å². The first-order chi connectivity index (χ1) is 9.54. The lowest BCUT2D eigenvalue weighted by atomic mass is 10.2. The lowest BCUT2D eigenvalue weighted by Gasteiger charge is -2.06. The van der Waals surface area contributed by atoms with Crippen molar-refractivity contribution in [3.8, 4) is 5.75 Å². The molecule has 0 radical (unpaired) electrons. The van der Waals surface area contributed by atoms with Gasteiger partial charge in [0, 0.05) is 22.4 Å². The number of alkyl halides is 2. The summed E-state index contributed by atoms with van der Waals surface area (Å²) in [6, 6.07) is 8.53. The van der Waals surface area contributed by atoms with E-state index in [4.69, 9.17) is 11.6 Å². The normalized spacial score (nSPS) is 11.1. The number of hydrogen-bond donors (Lipinski definition) is 1. The molecule has 0 amide bonds. The van der Waals surface area contributed by atoms with Crippen LogP contribution in [0.15, 0.2) is 34.8 Å². The third-order valence-corrected chi connectivity index (χ3v) is 4.95. The number of benzene rings is 1. The van der Waals surface area contributed by atoms with Gasteiger partial charge in [-0.2, -0.15) is 8.78 Å². The molecule has 0 fully saturated rings. The van der Waals surface area contributed by atoms with Gasteiger partial charge in [-0.25, -0.2) is 0 Å². The van der Waals surface area contributed by atoms with Gasteiger partial charge in [0.15, 0.2) is 0 Å². The Hall–Kier alpha value is -0.690. The number of ether oxygens (including phenoxy) is 1. The van der Waals surface area contributed by atoms with Crippen LogP contribution in [0, 0.1) is 0 Å². The van der Waals surface area contributed by atoms with E-state index in [0.29, 0.717) is 13.1 Å². The molecule has 0 saturated carbocycles. The smallest absolute Gasteiger partial charge is 0.387 e. The fourth-order valence-electron chi connectivity index (χ4n) is 1.60. The van der Waals surface area contributed by atoms with E-state index in [1.54, 1.807) is 12.1 Å². The topological polar surface area (TPSA) is 21.3 Å². The zero-order valence-corrected chi connectivity index (χ0v) is 13.4. The summed E-state index contributed by atoms with van der Waals surface area (Å²) in [5.74, 6) is 0.165. The molecule has 1 N–H and O–H groups in total. The zero-order chi connectivity index (χ0) is 14.5. The van der Waals surface area contributed by atoms with Crippen LogP contribution in [0.5, 0.6) is 5.75 Å². The highest BCUT2D eigenvalue weighted by molar-refractivity contribution is 9.10. The number of nitrogens with one attached hydrogen (secondary N) is 1. The van der Waals surface area contributed by atoms with E-state index in [1.165, 1.54) is 23.5 Å². The van der Waals surface area contributed by atoms with Crippen molar-refractivity contribution in [3.05, 3.63) is 49.6 Å². The van der Waals surface area contributed by atoms with E-state index in [2.05, 4.69) is 26.0 Å². The monoisotopic (exact) mass is 381 g/mol. The minimum Gasteiger partial charge on any atom is -0.435 e. The molecule has 1 aromatic heterocycles. The molecular weight excluding hydrogens is 372 g/mol. The first kappa shape index (κ1) is 15.7. The van der Waals surface area contributed by atoms with Gasteiger partial charge in [0.2, 0.25) is 0 Å². The summed E-state index contributed by atoms with van der Waals surface area (Å²) in [7, 11) is 0. The van der Waals surface area contributed by atoms with Crippen molar-refractivity contribution in [1.82, 2.24) is 5.32 Å². The predicted molar refractivity (Wildman–Crippen MR) is 80.6 cm³/mol. The molecule has 0 atom stereocenters. The van der Waals surface area contributed by atoms with E-state index in [1.807, 2.05) is 6.07 Å². The first-order valence-electron chi connectivity index (χ1n) is 5.73. The van der Waals surface area contributed by atoms with Gasteiger partial charge in [-0.3, -0.25) is 0 Å². The average molecular weight is 383 g/mol. The van der Waals surface area contributed by atoms with Crippen LogP contribution in [0.1, 0.15) is 10.4 Å². The van der Waals surface area contributed by atoms with Gasteiger partial charge in [-0.1, -0.05) is 23.7 Å². The van der Waals surface area contributed by atoms with Crippen molar-refractivity contribution in [2.24, 2.45) is 0 Å². The van der Waals surface area contributed by atoms with Gasteiger partial charge in [0.25, 0.3) is 0 Å². The molecule has 0 aliphatic heterocycles. The molecule has 1 heterocycles. The maximum atomic E-state index is 12.0. The van der Waals surface area contributed by atoms with Gasteiger partial charge in [0.05, 0.1) is 0 Å². The maximum Gasteiger partial charge on any atom is 0.387 e. The molecule has 7 heteroatoms. The summed E-state index contributed by atoms with van der Waals surface area (Å²) in [6.07, 6.45) is 0. The van der Waals surface area contributed by atoms with Gasteiger partial charge in [-0.15, -0.1) is 11.3 Å². The molecule has 0 bridgehead atoms. The third kappa shape index (κ3) is 4.70. The van der Waals surface area contributed by atoms with Crippen molar-refractivity contribution in [3.63, 3.8) is 0 Å². The highest BCUT2D eigenvalue weighted by Gasteiger charge is 2.05. The van der Waals surface area contributed by atoms with Crippen LogP contribution in [-0.4, -0.2) is 6.61 Å². The molecule has 0 unspecified atom stereocenters. The van der Waals surface area contributed by atoms with Gasteiger partial charge >= 0.3 is 6.61 Å². The fraction of sp³-hybridized carbons (Fsp3) is 0.231. The number of hydrogen-bond acceptors (Lipinski definition) is 3. The molecule has 20 heavy (non-hydrogen) atoms. The van der Waals surface area contributed by atoms with Crippen molar-refractivity contribution < 1.29 is 13.5 Å². The summed E-state index contributed by atoms with van der Waals surface area (Å²) in [6.45, 7) is -1.45. The summed E-state index contributed by atoms with van der Waals surface area (Å²) in [4.78, 5) is 1.12. The van der Waals surface area contributed by atoms with Crippen molar-refractivity contribution in [2.45, 2.75) is 19.7 Å². The van der Waals surface area contributed by atoms with Crippen LogP contribution in [-0.2, 0) is 13.1 Å². The summed E-state index contributed by atoms with van der Waals surface area (Å²) < 4.78 is 29.9. The zero-order valence-electron chi connectivity index (χ0n) is 10.2. The standard InChI is InChI=1S/C13H11BrClF2NOS/c14-11-5-10(20-12(11)15)7-18-6-8-1-3-9(4-2-8)19-13(16)17/h1-5,13,18H,6-7H2. The molecular formula is C13H11BrClF2NOS. The highest BCUT2D eigenvalue weighted by Crippen LogP contribution is 2.31. The quantitative estimate of drug-likeness (QED) is 0.754. The van der Waals surface area contributed by atoms with Crippen LogP contribution in [0.2, 0.25) is 4.34 Å². The Labute approximate surface area is 132 Å². The van der Waals surface area contributed by atoms with E-state index >= 15 is 0 Å².